The van der Waals surface area contributed by atoms with Gasteiger partial charge in [0.15, 0.2) is 11.6 Å². The molecule has 110 valence electrons. The summed E-state index contributed by atoms with van der Waals surface area (Å²) in [5, 5.41) is 2.74. The maximum atomic E-state index is 13.3. The molecule has 0 fully saturated rings. The normalized spacial score (nSPS) is 11.8. The zero-order chi connectivity index (χ0) is 15.4. The van der Waals surface area contributed by atoms with E-state index in [1.54, 1.807) is 25.1 Å². The first kappa shape index (κ1) is 14.8. The number of hydrogen-bond acceptors (Lipinski definition) is 3. The number of carbonyl (C=O) groups is 1. The summed E-state index contributed by atoms with van der Waals surface area (Å²) in [5.41, 5.74) is 7.62. The van der Waals surface area contributed by atoms with Crippen LogP contribution in [-0.4, -0.2) is 13.0 Å². The van der Waals surface area contributed by atoms with Crippen LogP contribution in [0.5, 0.6) is 5.75 Å². The molecule has 0 aliphatic heterocycles. The lowest BCUT2D eigenvalue weighted by molar-refractivity contribution is -0.117. The quantitative estimate of drug-likeness (QED) is 0.849. The Labute approximate surface area is 122 Å². The van der Waals surface area contributed by atoms with E-state index in [0.29, 0.717) is 11.4 Å². The lowest BCUT2D eigenvalue weighted by Crippen LogP contribution is -2.19. The summed E-state index contributed by atoms with van der Waals surface area (Å²) in [6.07, 6.45) is 0. The number of ether oxygens (including phenoxy) is 1. The van der Waals surface area contributed by atoms with Gasteiger partial charge in [0.05, 0.1) is 13.0 Å². The van der Waals surface area contributed by atoms with Crippen molar-refractivity contribution >= 4 is 17.3 Å². The second kappa shape index (κ2) is 6.26. The second-order valence-electron chi connectivity index (χ2n) is 4.73. The number of rotatable bonds is 4. The highest BCUT2D eigenvalue weighted by Crippen LogP contribution is 2.24. The van der Waals surface area contributed by atoms with Gasteiger partial charge in [-0.3, -0.25) is 4.79 Å². The van der Waals surface area contributed by atoms with Gasteiger partial charge in [0.2, 0.25) is 5.91 Å². The number of halogens is 1. The third kappa shape index (κ3) is 3.51. The standard InChI is InChI=1S/C16H17FN2O2/c1-10(11-4-3-5-12(18)8-11)16(20)19-13-6-7-14(17)15(9-13)21-2/h3-10H,18H2,1-2H3,(H,19,20). The Bertz CT molecular complexity index is 658. The van der Waals surface area contributed by atoms with Gasteiger partial charge in [-0.1, -0.05) is 12.1 Å². The number of amides is 1. The molecule has 3 N–H and O–H groups in total. The number of carbonyl (C=O) groups excluding carboxylic acids is 1. The highest BCUT2D eigenvalue weighted by Gasteiger charge is 2.16. The smallest absolute Gasteiger partial charge is 0.231 e. The fraction of sp³-hybridized carbons (Fsp3) is 0.188. The molecular formula is C16H17FN2O2. The number of hydrogen-bond donors (Lipinski definition) is 2. The molecule has 0 aliphatic carbocycles. The number of benzene rings is 2. The SMILES string of the molecule is COc1cc(NC(=O)C(C)c2cccc(N)c2)ccc1F. The predicted molar refractivity (Wildman–Crippen MR) is 80.9 cm³/mol. The number of nitrogen functional groups attached to an aromatic ring is 1. The van der Waals surface area contributed by atoms with Crippen LogP contribution in [0, 0.1) is 5.82 Å². The predicted octanol–water partition coefficient (Wildman–Crippen LogP) is 3.16. The molecule has 0 radical (unpaired) electrons. The molecule has 0 saturated carbocycles. The number of anilines is 2. The van der Waals surface area contributed by atoms with E-state index in [1.165, 1.54) is 25.3 Å². The Hall–Kier alpha value is -2.56. The van der Waals surface area contributed by atoms with Crippen LogP contribution >= 0.6 is 0 Å². The van der Waals surface area contributed by atoms with E-state index in [9.17, 15) is 9.18 Å². The second-order valence-corrected chi connectivity index (χ2v) is 4.73. The monoisotopic (exact) mass is 288 g/mol. The summed E-state index contributed by atoms with van der Waals surface area (Å²) < 4.78 is 18.2. The number of methoxy groups -OCH3 is 1. The third-order valence-electron chi connectivity index (χ3n) is 3.22. The average Bonchev–Trinajstić information content (AvgIpc) is 2.48. The number of nitrogens with one attached hydrogen (secondary N) is 1. The van der Waals surface area contributed by atoms with Crippen molar-refractivity contribution in [3.63, 3.8) is 0 Å². The molecule has 1 amide bonds. The van der Waals surface area contributed by atoms with E-state index in [1.807, 2.05) is 6.07 Å². The van der Waals surface area contributed by atoms with Gasteiger partial charge in [0.1, 0.15) is 0 Å². The van der Waals surface area contributed by atoms with Gasteiger partial charge in [-0.05, 0) is 36.8 Å². The maximum absolute atomic E-state index is 13.3. The minimum Gasteiger partial charge on any atom is -0.494 e. The van der Waals surface area contributed by atoms with Gasteiger partial charge in [0, 0.05) is 17.4 Å². The van der Waals surface area contributed by atoms with Crippen molar-refractivity contribution in [1.82, 2.24) is 0 Å². The summed E-state index contributed by atoms with van der Waals surface area (Å²) in [5.74, 6) is -0.956. The molecule has 2 rings (SSSR count). The molecule has 0 bridgehead atoms. The fourth-order valence-corrected chi connectivity index (χ4v) is 1.97. The van der Waals surface area contributed by atoms with Gasteiger partial charge in [-0.15, -0.1) is 0 Å². The van der Waals surface area contributed by atoms with Gasteiger partial charge in [-0.25, -0.2) is 4.39 Å². The van der Waals surface area contributed by atoms with Gasteiger partial charge in [0.25, 0.3) is 0 Å². The van der Waals surface area contributed by atoms with E-state index < -0.39 is 5.82 Å². The first-order valence-electron chi connectivity index (χ1n) is 6.51. The molecule has 2 aromatic carbocycles. The molecule has 1 atom stereocenters. The van der Waals surface area contributed by atoms with E-state index in [-0.39, 0.29) is 17.6 Å². The van der Waals surface area contributed by atoms with E-state index >= 15 is 0 Å². The van der Waals surface area contributed by atoms with Crippen LogP contribution < -0.4 is 15.8 Å². The summed E-state index contributed by atoms with van der Waals surface area (Å²) in [6.45, 7) is 1.78. The lowest BCUT2D eigenvalue weighted by Gasteiger charge is -2.14. The van der Waals surface area contributed by atoms with Crippen molar-refractivity contribution in [2.45, 2.75) is 12.8 Å². The molecule has 4 nitrogen and oxygen atoms in total. The maximum Gasteiger partial charge on any atom is 0.231 e. The van der Waals surface area contributed by atoms with Crippen molar-refractivity contribution in [1.29, 1.82) is 0 Å². The molecular weight excluding hydrogens is 271 g/mol. The van der Waals surface area contributed by atoms with Gasteiger partial charge in [-0.2, -0.15) is 0 Å². The minimum atomic E-state index is -0.473. The fourth-order valence-electron chi connectivity index (χ4n) is 1.97. The molecule has 2 aromatic rings. The summed E-state index contributed by atoms with van der Waals surface area (Å²) in [7, 11) is 1.37. The summed E-state index contributed by atoms with van der Waals surface area (Å²) in [6, 6.07) is 11.3. The van der Waals surface area contributed by atoms with Crippen LogP contribution in [-0.2, 0) is 4.79 Å². The Morgan fingerprint density at radius 1 is 1.29 bits per heavy atom. The van der Waals surface area contributed by atoms with Crippen LogP contribution in [0.25, 0.3) is 0 Å². The average molecular weight is 288 g/mol. The Kier molecular flexibility index (Phi) is 4.42. The molecule has 0 spiro atoms. The zero-order valence-electron chi connectivity index (χ0n) is 11.9. The summed E-state index contributed by atoms with van der Waals surface area (Å²) >= 11 is 0. The molecule has 21 heavy (non-hydrogen) atoms. The van der Waals surface area contributed by atoms with Crippen molar-refractivity contribution in [2.75, 3.05) is 18.2 Å². The zero-order valence-corrected chi connectivity index (χ0v) is 11.9. The lowest BCUT2D eigenvalue weighted by atomic mass is 10.00. The molecule has 0 heterocycles. The van der Waals surface area contributed by atoms with Crippen LogP contribution in [0.1, 0.15) is 18.4 Å². The van der Waals surface area contributed by atoms with Crippen LogP contribution in [0.2, 0.25) is 0 Å². The van der Waals surface area contributed by atoms with E-state index in [0.717, 1.165) is 5.56 Å². The topological polar surface area (TPSA) is 64.3 Å². The summed E-state index contributed by atoms with van der Waals surface area (Å²) in [4.78, 5) is 12.2. The van der Waals surface area contributed by atoms with Crippen LogP contribution in [0.15, 0.2) is 42.5 Å². The first-order chi connectivity index (χ1) is 10.0. The van der Waals surface area contributed by atoms with Crippen LogP contribution in [0.4, 0.5) is 15.8 Å². The van der Waals surface area contributed by atoms with E-state index in [2.05, 4.69) is 5.32 Å². The van der Waals surface area contributed by atoms with Gasteiger partial charge >= 0.3 is 0 Å². The third-order valence-corrected chi connectivity index (χ3v) is 3.22. The molecule has 0 aliphatic rings. The highest BCUT2D eigenvalue weighted by molar-refractivity contribution is 5.95. The largest absolute Gasteiger partial charge is 0.494 e. The molecule has 5 heteroatoms. The van der Waals surface area contributed by atoms with E-state index in [4.69, 9.17) is 10.5 Å². The molecule has 0 saturated heterocycles. The Balaban J connectivity index is 2.14. The number of nitrogens with two attached hydrogens (primary N) is 1. The molecule has 0 aromatic heterocycles. The van der Waals surface area contributed by atoms with Crippen molar-refractivity contribution in [3.05, 3.63) is 53.8 Å². The Morgan fingerprint density at radius 3 is 2.71 bits per heavy atom. The molecule has 1 unspecified atom stereocenters. The van der Waals surface area contributed by atoms with Crippen molar-refractivity contribution in [2.24, 2.45) is 0 Å². The highest BCUT2D eigenvalue weighted by atomic mass is 19.1. The van der Waals surface area contributed by atoms with Crippen LogP contribution in [0.3, 0.4) is 0 Å². The Morgan fingerprint density at radius 2 is 2.05 bits per heavy atom. The minimum absolute atomic E-state index is 0.0874. The van der Waals surface area contributed by atoms with Crippen molar-refractivity contribution < 1.29 is 13.9 Å². The van der Waals surface area contributed by atoms with Crippen molar-refractivity contribution in [3.8, 4) is 5.75 Å². The first-order valence-corrected chi connectivity index (χ1v) is 6.51. The van der Waals surface area contributed by atoms with Gasteiger partial charge < -0.3 is 15.8 Å².